The fraction of sp³-hybridized carbons (Fsp3) is 0.500. The molecule has 1 aromatic carbocycles. The molecule has 0 aromatic heterocycles. The van der Waals surface area contributed by atoms with Crippen molar-refractivity contribution in [1.82, 2.24) is 4.90 Å². The summed E-state index contributed by atoms with van der Waals surface area (Å²) in [6.45, 7) is 0.919. The van der Waals surface area contributed by atoms with E-state index in [0.29, 0.717) is 12.5 Å². The van der Waals surface area contributed by atoms with Gasteiger partial charge in [-0.1, -0.05) is 30.3 Å². The molecule has 5 heteroatoms. The number of likely N-dealkylation sites (tertiary alicyclic amines) is 1. The van der Waals surface area contributed by atoms with Crippen LogP contribution < -0.4 is 0 Å². The first-order valence-corrected chi connectivity index (χ1v) is 7.32. The van der Waals surface area contributed by atoms with Gasteiger partial charge in [0, 0.05) is 19.0 Å². The van der Waals surface area contributed by atoms with Crippen molar-refractivity contribution in [3.63, 3.8) is 0 Å². The first kappa shape index (κ1) is 13.9. The molecule has 2 bridgehead atoms. The van der Waals surface area contributed by atoms with E-state index in [4.69, 9.17) is 9.84 Å². The lowest BCUT2D eigenvalue weighted by atomic mass is 9.91. The molecular weight excluding hydrogens is 270 g/mol. The van der Waals surface area contributed by atoms with Gasteiger partial charge in [-0.3, -0.25) is 4.79 Å². The monoisotopic (exact) mass is 289 g/mol. The number of carboxylic acids is 1. The highest BCUT2D eigenvalue weighted by molar-refractivity contribution is 5.69. The minimum atomic E-state index is -0.745. The molecular formula is C16H19NO4. The summed E-state index contributed by atoms with van der Waals surface area (Å²) in [7, 11) is 0. The minimum absolute atomic E-state index is 0.155. The number of ether oxygens (including phenoxy) is 1. The van der Waals surface area contributed by atoms with Gasteiger partial charge in [0.15, 0.2) is 0 Å². The zero-order valence-corrected chi connectivity index (χ0v) is 11.8. The van der Waals surface area contributed by atoms with Crippen molar-refractivity contribution in [2.45, 2.75) is 31.9 Å². The number of fused-ring (bicyclic) bond motifs is 2. The van der Waals surface area contributed by atoms with Crippen LogP contribution in [0.1, 0.15) is 24.8 Å². The minimum Gasteiger partial charge on any atom is -0.481 e. The normalized spacial score (nSPS) is 26.9. The fourth-order valence-electron chi connectivity index (χ4n) is 3.56. The Morgan fingerprint density at radius 3 is 2.62 bits per heavy atom. The van der Waals surface area contributed by atoms with Crippen LogP contribution in [0.25, 0.3) is 0 Å². The molecule has 2 fully saturated rings. The summed E-state index contributed by atoms with van der Waals surface area (Å²) >= 11 is 0. The molecule has 0 radical (unpaired) electrons. The third-order valence-corrected chi connectivity index (χ3v) is 4.56. The number of carbonyl (C=O) groups excluding carboxylic acids is 1. The summed E-state index contributed by atoms with van der Waals surface area (Å²) in [6.07, 6.45) is 1.64. The molecule has 1 saturated carbocycles. The van der Waals surface area contributed by atoms with Crippen molar-refractivity contribution >= 4 is 12.1 Å². The smallest absolute Gasteiger partial charge is 0.410 e. The predicted molar refractivity (Wildman–Crippen MR) is 75.6 cm³/mol. The van der Waals surface area contributed by atoms with E-state index in [-0.39, 0.29) is 31.1 Å². The second-order valence-electron chi connectivity index (χ2n) is 5.94. The van der Waals surface area contributed by atoms with E-state index in [1.807, 2.05) is 30.3 Å². The summed E-state index contributed by atoms with van der Waals surface area (Å²) in [5.74, 6) is -0.216. The van der Waals surface area contributed by atoms with Crippen molar-refractivity contribution < 1.29 is 19.4 Å². The quantitative estimate of drug-likeness (QED) is 0.924. The van der Waals surface area contributed by atoms with Crippen LogP contribution in [0.2, 0.25) is 0 Å². The van der Waals surface area contributed by atoms with E-state index >= 15 is 0 Å². The Hall–Kier alpha value is -2.04. The van der Waals surface area contributed by atoms with Gasteiger partial charge in [0.05, 0.1) is 0 Å². The summed E-state index contributed by atoms with van der Waals surface area (Å²) in [6, 6.07) is 9.75. The van der Waals surface area contributed by atoms with Crippen molar-refractivity contribution in [1.29, 1.82) is 0 Å². The molecule has 3 atom stereocenters. The molecule has 112 valence electrons. The van der Waals surface area contributed by atoms with Gasteiger partial charge in [-0.2, -0.15) is 0 Å². The van der Waals surface area contributed by atoms with E-state index in [2.05, 4.69) is 0 Å². The number of benzene rings is 1. The zero-order valence-electron chi connectivity index (χ0n) is 11.8. The predicted octanol–water partition coefficient (Wildman–Crippen LogP) is 2.51. The van der Waals surface area contributed by atoms with Gasteiger partial charge < -0.3 is 14.7 Å². The van der Waals surface area contributed by atoms with Crippen molar-refractivity contribution in [3.05, 3.63) is 35.9 Å². The van der Waals surface area contributed by atoms with Crippen LogP contribution in [0.5, 0.6) is 0 Å². The molecule has 1 aliphatic heterocycles. The largest absolute Gasteiger partial charge is 0.481 e. The van der Waals surface area contributed by atoms with E-state index < -0.39 is 5.97 Å². The summed E-state index contributed by atoms with van der Waals surface area (Å²) in [4.78, 5) is 24.7. The van der Waals surface area contributed by atoms with E-state index in [1.54, 1.807) is 4.90 Å². The molecule has 3 rings (SSSR count). The molecule has 1 amide bonds. The van der Waals surface area contributed by atoms with Crippen LogP contribution in [0.4, 0.5) is 4.79 Å². The van der Waals surface area contributed by atoms with Crippen LogP contribution in [0.3, 0.4) is 0 Å². The van der Waals surface area contributed by atoms with Gasteiger partial charge in [-0.05, 0) is 30.2 Å². The Labute approximate surface area is 123 Å². The molecule has 2 aliphatic rings. The Kier molecular flexibility index (Phi) is 3.82. The number of hydrogen-bond acceptors (Lipinski definition) is 3. The Morgan fingerprint density at radius 1 is 1.24 bits per heavy atom. The maximum atomic E-state index is 12.1. The molecule has 0 spiro atoms. The van der Waals surface area contributed by atoms with Gasteiger partial charge in [0.1, 0.15) is 6.61 Å². The van der Waals surface area contributed by atoms with Crippen LogP contribution >= 0.6 is 0 Å². The molecule has 1 saturated heterocycles. The van der Waals surface area contributed by atoms with E-state index in [0.717, 1.165) is 18.4 Å². The number of rotatable bonds is 4. The lowest BCUT2D eigenvalue weighted by molar-refractivity contribution is -0.138. The van der Waals surface area contributed by atoms with Crippen LogP contribution in [0.15, 0.2) is 30.3 Å². The first-order chi connectivity index (χ1) is 10.1. The standard InChI is InChI=1S/C16H19NO4/c18-15(19)8-12-6-14-7-13(12)9-17(14)16(20)21-10-11-4-2-1-3-5-11/h1-5,12-14H,6-10H2,(H,18,19). The summed E-state index contributed by atoms with van der Waals surface area (Å²) < 4.78 is 5.35. The van der Waals surface area contributed by atoms with Crippen LogP contribution in [0, 0.1) is 11.8 Å². The number of piperidine rings is 1. The fourth-order valence-corrected chi connectivity index (χ4v) is 3.56. The van der Waals surface area contributed by atoms with Gasteiger partial charge in [-0.25, -0.2) is 4.79 Å². The second-order valence-corrected chi connectivity index (χ2v) is 5.94. The van der Waals surface area contributed by atoms with E-state index in [9.17, 15) is 9.59 Å². The Bertz CT molecular complexity index is 530. The van der Waals surface area contributed by atoms with Gasteiger partial charge in [0.2, 0.25) is 0 Å². The molecule has 1 aliphatic carbocycles. The molecule has 1 heterocycles. The zero-order chi connectivity index (χ0) is 14.8. The third-order valence-electron chi connectivity index (χ3n) is 4.56. The average molecular weight is 289 g/mol. The highest BCUT2D eigenvalue weighted by Crippen LogP contribution is 2.43. The average Bonchev–Trinajstić information content (AvgIpc) is 3.05. The Balaban J connectivity index is 1.51. The molecule has 1 N–H and O–H groups in total. The summed E-state index contributed by atoms with van der Waals surface area (Å²) in [5.41, 5.74) is 0.971. The van der Waals surface area contributed by atoms with Crippen molar-refractivity contribution in [3.8, 4) is 0 Å². The van der Waals surface area contributed by atoms with Gasteiger partial charge in [0.25, 0.3) is 0 Å². The number of hydrogen-bond donors (Lipinski definition) is 1. The second kappa shape index (κ2) is 5.76. The number of nitrogens with zero attached hydrogens (tertiary/aromatic N) is 1. The summed E-state index contributed by atoms with van der Waals surface area (Å²) in [5, 5.41) is 8.88. The van der Waals surface area contributed by atoms with Crippen LogP contribution in [-0.2, 0) is 16.1 Å². The van der Waals surface area contributed by atoms with Crippen molar-refractivity contribution in [2.75, 3.05) is 6.54 Å². The molecule has 3 unspecified atom stereocenters. The SMILES string of the molecule is O=C(O)CC1CC2CC1CN2C(=O)OCc1ccccc1. The molecule has 21 heavy (non-hydrogen) atoms. The Morgan fingerprint density at radius 2 is 2.00 bits per heavy atom. The molecule has 5 nitrogen and oxygen atoms in total. The third kappa shape index (κ3) is 3.01. The number of aliphatic carboxylic acids is 1. The lowest BCUT2D eigenvalue weighted by Crippen LogP contribution is -2.40. The maximum absolute atomic E-state index is 12.1. The lowest BCUT2D eigenvalue weighted by Gasteiger charge is -2.30. The first-order valence-electron chi connectivity index (χ1n) is 7.32. The topological polar surface area (TPSA) is 66.8 Å². The van der Waals surface area contributed by atoms with E-state index in [1.165, 1.54) is 0 Å². The van der Waals surface area contributed by atoms with Gasteiger partial charge >= 0.3 is 12.1 Å². The number of carbonyl (C=O) groups is 2. The number of amides is 1. The highest BCUT2D eigenvalue weighted by Gasteiger charge is 2.47. The van der Waals surface area contributed by atoms with Gasteiger partial charge in [-0.15, -0.1) is 0 Å². The maximum Gasteiger partial charge on any atom is 0.410 e. The number of carboxylic acid groups (broad SMARTS) is 1. The molecule has 1 aromatic rings. The van der Waals surface area contributed by atoms with Crippen molar-refractivity contribution in [2.24, 2.45) is 11.8 Å². The van der Waals surface area contributed by atoms with Crippen LogP contribution in [-0.4, -0.2) is 34.7 Å². The highest BCUT2D eigenvalue weighted by atomic mass is 16.6.